The zero-order chi connectivity index (χ0) is 21.6. The largest absolute Gasteiger partial charge is 0.423 e. The summed E-state index contributed by atoms with van der Waals surface area (Å²) in [4.78, 5) is 16.7. The van der Waals surface area contributed by atoms with Gasteiger partial charge in [0.2, 0.25) is 5.13 Å². The monoisotopic (exact) mass is 511 g/mol. The minimum atomic E-state index is -0.440. The lowest BCUT2D eigenvalue weighted by Gasteiger charge is -2.04. The van der Waals surface area contributed by atoms with Crippen molar-refractivity contribution in [3.63, 3.8) is 0 Å². The quantitative estimate of drug-likeness (QED) is 0.132. The highest BCUT2D eigenvalue weighted by Crippen LogP contribution is 2.26. The van der Waals surface area contributed by atoms with Crippen molar-refractivity contribution in [3.8, 4) is 17.0 Å². The van der Waals surface area contributed by atoms with Crippen LogP contribution in [0.15, 0.2) is 87.8 Å². The number of benzene rings is 3. The number of carbonyl (C=O) groups is 1. The highest BCUT2D eigenvalue weighted by atomic mass is 79.9. The maximum Gasteiger partial charge on any atom is 0.343 e. The lowest BCUT2D eigenvalue weighted by molar-refractivity contribution is 0.0735. The molecule has 1 aromatic heterocycles. The summed E-state index contributed by atoms with van der Waals surface area (Å²) in [7, 11) is 0. The molecule has 0 aliphatic carbocycles. The lowest BCUT2D eigenvalue weighted by atomic mass is 10.2. The number of hydrazone groups is 1. The molecule has 0 unspecified atom stereocenters. The predicted molar refractivity (Wildman–Crippen MR) is 129 cm³/mol. The van der Waals surface area contributed by atoms with Gasteiger partial charge in [0.15, 0.2) is 0 Å². The van der Waals surface area contributed by atoms with Gasteiger partial charge in [0.1, 0.15) is 5.75 Å². The molecule has 0 fully saturated rings. The molecule has 154 valence electrons. The van der Waals surface area contributed by atoms with Crippen LogP contribution in [0.2, 0.25) is 5.02 Å². The normalized spacial score (nSPS) is 10.9. The second-order valence-electron chi connectivity index (χ2n) is 6.38. The number of halogens is 2. The fourth-order valence-electron chi connectivity index (χ4n) is 2.61. The van der Waals surface area contributed by atoms with E-state index in [-0.39, 0.29) is 0 Å². The Labute approximate surface area is 196 Å². The Morgan fingerprint density at radius 1 is 1.03 bits per heavy atom. The third kappa shape index (κ3) is 5.79. The summed E-state index contributed by atoms with van der Waals surface area (Å²) in [6, 6.07) is 21.6. The molecule has 0 aliphatic heterocycles. The van der Waals surface area contributed by atoms with Crippen molar-refractivity contribution >= 4 is 56.2 Å². The molecule has 5 nitrogen and oxygen atoms in total. The topological polar surface area (TPSA) is 63.6 Å². The van der Waals surface area contributed by atoms with E-state index in [9.17, 15) is 4.79 Å². The van der Waals surface area contributed by atoms with Gasteiger partial charge in [-0.25, -0.2) is 9.78 Å². The maximum atomic E-state index is 12.2. The molecule has 0 saturated heterocycles. The highest BCUT2D eigenvalue weighted by molar-refractivity contribution is 9.10. The number of aromatic nitrogens is 1. The molecular weight excluding hydrogens is 498 g/mol. The summed E-state index contributed by atoms with van der Waals surface area (Å²) in [6.07, 6.45) is 1.67. The Bertz CT molecular complexity index is 1210. The molecule has 0 atom stereocenters. The Hall–Kier alpha value is -3.00. The summed E-state index contributed by atoms with van der Waals surface area (Å²) in [6.45, 7) is 0. The molecule has 3 aromatic carbocycles. The van der Waals surface area contributed by atoms with Crippen LogP contribution in [0.5, 0.6) is 5.75 Å². The minimum Gasteiger partial charge on any atom is -0.423 e. The van der Waals surface area contributed by atoms with E-state index in [1.807, 2.05) is 41.8 Å². The highest BCUT2D eigenvalue weighted by Gasteiger charge is 2.08. The van der Waals surface area contributed by atoms with Gasteiger partial charge >= 0.3 is 5.97 Å². The predicted octanol–water partition coefficient (Wildman–Crippen LogP) is 6.89. The first-order valence-electron chi connectivity index (χ1n) is 9.15. The van der Waals surface area contributed by atoms with Gasteiger partial charge in [-0.1, -0.05) is 39.7 Å². The first kappa shape index (κ1) is 21.2. The summed E-state index contributed by atoms with van der Waals surface area (Å²) >= 11 is 10.7. The molecule has 0 aliphatic rings. The van der Waals surface area contributed by atoms with E-state index in [0.29, 0.717) is 21.5 Å². The Morgan fingerprint density at radius 2 is 1.74 bits per heavy atom. The zero-order valence-corrected chi connectivity index (χ0v) is 19.1. The van der Waals surface area contributed by atoms with Gasteiger partial charge in [-0.3, -0.25) is 5.43 Å². The van der Waals surface area contributed by atoms with Crippen LogP contribution in [0, 0.1) is 0 Å². The summed E-state index contributed by atoms with van der Waals surface area (Å²) in [5, 5.41) is 7.46. The first-order valence-corrected chi connectivity index (χ1v) is 11.2. The van der Waals surface area contributed by atoms with E-state index in [0.717, 1.165) is 21.3 Å². The molecular formula is C23H15BrClN3O2S. The number of rotatable bonds is 6. The number of nitrogens with one attached hydrogen (secondary N) is 1. The van der Waals surface area contributed by atoms with Crippen LogP contribution in [-0.4, -0.2) is 17.2 Å². The molecule has 8 heteroatoms. The average Bonchev–Trinajstić information content (AvgIpc) is 3.25. The average molecular weight is 513 g/mol. The Balaban J connectivity index is 1.33. The van der Waals surface area contributed by atoms with Gasteiger partial charge in [0, 0.05) is 20.4 Å². The molecule has 0 amide bonds. The number of thiazole rings is 1. The van der Waals surface area contributed by atoms with E-state index in [1.54, 1.807) is 42.6 Å². The van der Waals surface area contributed by atoms with Crippen LogP contribution < -0.4 is 10.2 Å². The number of hydrogen-bond acceptors (Lipinski definition) is 6. The zero-order valence-electron chi connectivity index (χ0n) is 16.0. The van der Waals surface area contributed by atoms with Crippen molar-refractivity contribution < 1.29 is 9.53 Å². The number of anilines is 1. The van der Waals surface area contributed by atoms with Gasteiger partial charge in [0.25, 0.3) is 0 Å². The van der Waals surface area contributed by atoms with Crippen LogP contribution in [0.4, 0.5) is 5.13 Å². The molecule has 1 N–H and O–H groups in total. The number of ether oxygens (including phenoxy) is 1. The van der Waals surface area contributed by atoms with Gasteiger partial charge in [-0.2, -0.15) is 5.10 Å². The van der Waals surface area contributed by atoms with Crippen LogP contribution in [0.25, 0.3) is 11.3 Å². The summed E-state index contributed by atoms with van der Waals surface area (Å²) < 4.78 is 6.40. The van der Waals surface area contributed by atoms with Crippen molar-refractivity contribution in [1.29, 1.82) is 0 Å². The van der Waals surface area contributed by atoms with Crippen LogP contribution in [0.1, 0.15) is 15.9 Å². The van der Waals surface area contributed by atoms with E-state index < -0.39 is 5.97 Å². The third-order valence-corrected chi connectivity index (χ3v) is 5.72. The van der Waals surface area contributed by atoms with Crippen molar-refractivity contribution in [2.24, 2.45) is 5.10 Å². The number of hydrogen-bond donors (Lipinski definition) is 1. The smallest absolute Gasteiger partial charge is 0.343 e. The first-order chi connectivity index (χ1) is 15.1. The molecule has 4 aromatic rings. The van der Waals surface area contributed by atoms with Gasteiger partial charge < -0.3 is 4.74 Å². The van der Waals surface area contributed by atoms with E-state index in [4.69, 9.17) is 16.3 Å². The number of esters is 1. The fraction of sp³-hybridized carbons (Fsp3) is 0. The SMILES string of the molecule is O=C(Oc1ccc(/C=N\Nc2nc(-c3ccc(Br)cc3)cs2)cc1)c1ccc(Cl)cc1. The Kier molecular flexibility index (Phi) is 6.76. The van der Waals surface area contributed by atoms with E-state index >= 15 is 0 Å². The van der Waals surface area contributed by atoms with Crippen molar-refractivity contribution in [1.82, 2.24) is 4.98 Å². The summed E-state index contributed by atoms with van der Waals surface area (Å²) in [5.74, 6) is 0.00854. The maximum absolute atomic E-state index is 12.2. The van der Waals surface area contributed by atoms with Crippen LogP contribution in [0.3, 0.4) is 0 Å². The number of nitrogens with zero attached hydrogens (tertiary/aromatic N) is 2. The summed E-state index contributed by atoms with van der Waals surface area (Å²) in [5.41, 5.74) is 6.16. The van der Waals surface area contributed by atoms with Crippen LogP contribution >= 0.6 is 38.9 Å². The van der Waals surface area contributed by atoms with Crippen LogP contribution in [-0.2, 0) is 0 Å². The standard InChI is InChI=1S/C23H15BrClN3O2S/c24-18-7-3-16(4-8-18)21-14-31-23(27-21)28-26-13-15-1-11-20(12-2-15)30-22(29)17-5-9-19(25)10-6-17/h1-14H,(H,27,28)/b26-13-. The second kappa shape index (κ2) is 9.87. The molecule has 1 heterocycles. The van der Waals surface area contributed by atoms with Crippen molar-refractivity contribution in [2.75, 3.05) is 5.43 Å². The molecule has 0 bridgehead atoms. The fourth-order valence-corrected chi connectivity index (χ4v) is 3.67. The second-order valence-corrected chi connectivity index (χ2v) is 8.59. The number of carbonyl (C=O) groups excluding carboxylic acids is 1. The van der Waals surface area contributed by atoms with E-state index in [2.05, 4.69) is 31.4 Å². The van der Waals surface area contributed by atoms with Gasteiger partial charge in [0.05, 0.1) is 17.5 Å². The molecule has 4 rings (SSSR count). The van der Waals surface area contributed by atoms with Gasteiger partial charge in [-0.05, 0) is 66.2 Å². The van der Waals surface area contributed by atoms with Crippen molar-refractivity contribution in [3.05, 3.63) is 98.8 Å². The van der Waals surface area contributed by atoms with E-state index in [1.165, 1.54) is 11.3 Å². The molecule has 0 spiro atoms. The lowest BCUT2D eigenvalue weighted by Crippen LogP contribution is -2.08. The molecule has 31 heavy (non-hydrogen) atoms. The molecule has 0 radical (unpaired) electrons. The Morgan fingerprint density at radius 3 is 2.45 bits per heavy atom. The third-order valence-electron chi connectivity index (χ3n) is 4.19. The van der Waals surface area contributed by atoms with Gasteiger partial charge in [-0.15, -0.1) is 11.3 Å². The molecule has 0 saturated carbocycles. The van der Waals surface area contributed by atoms with Crippen molar-refractivity contribution in [2.45, 2.75) is 0 Å². The minimum absolute atomic E-state index is 0.435.